The topological polar surface area (TPSA) is 99.6 Å². The number of benzene rings is 6. The van der Waals surface area contributed by atoms with Crippen molar-refractivity contribution in [1.29, 1.82) is 0 Å². The van der Waals surface area contributed by atoms with Crippen molar-refractivity contribution in [3.05, 3.63) is 242 Å². The third-order valence-electron chi connectivity index (χ3n) is 11.3. The standard InChI is InChI=1S/C59H48N6O3/c1-59(2,3)41-63(48-29-23-42(24-30-48)53-20-10-13-35-60-53)56(66)45-38-46(57(67)64(49-16-6-4-7-17-49)51-31-25-43(26-32-51)54-21-11-14-36-61-54)40-47(39-45)58(68)65(50-18-8-5-9-19-50)52-33-27-44(28-34-52)55-22-12-15-37-62-55/h4-40H,41H2,1-3H3. The van der Waals surface area contributed by atoms with Crippen molar-refractivity contribution < 1.29 is 14.4 Å². The summed E-state index contributed by atoms with van der Waals surface area (Å²) in [6.07, 6.45) is 5.23. The van der Waals surface area contributed by atoms with Gasteiger partial charge in [-0.2, -0.15) is 0 Å². The van der Waals surface area contributed by atoms with Gasteiger partial charge in [0.25, 0.3) is 17.7 Å². The molecule has 0 aliphatic heterocycles. The smallest absolute Gasteiger partial charge is 0.262 e. The molecule has 0 radical (unpaired) electrons. The van der Waals surface area contributed by atoms with Gasteiger partial charge in [0.1, 0.15) is 0 Å². The van der Waals surface area contributed by atoms with E-state index in [9.17, 15) is 0 Å². The molecule has 9 rings (SSSR count). The van der Waals surface area contributed by atoms with E-state index in [4.69, 9.17) is 0 Å². The number of pyridine rings is 3. The van der Waals surface area contributed by atoms with Gasteiger partial charge in [-0.25, -0.2) is 0 Å². The fourth-order valence-electron chi connectivity index (χ4n) is 8.06. The van der Waals surface area contributed by atoms with Crippen molar-refractivity contribution in [2.24, 2.45) is 5.41 Å². The van der Waals surface area contributed by atoms with Crippen LogP contribution in [0.3, 0.4) is 0 Å². The van der Waals surface area contributed by atoms with Gasteiger partial charge in [-0.1, -0.05) is 112 Å². The zero-order chi connectivity index (χ0) is 47.0. The first-order valence-corrected chi connectivity index (χ1v) is 22.4. The first-order valence-electron chi connectivity index (χ1n) is 22.4. The van der Waals surface area contributed by atoms with Crippen LogP contribution < -0.4 is 14.7 Å². The minimum atomic E-state index is -0.432. The average Bonchev–Trinajstić information content (AvgIpc) is 3.39. The molecule has 3 aromatic heterocycles. The Hall–Kier alpha value is -8.82. The van der Waals surface area contributed by atoms with E-state index < -0.39 is 11.8 Å². The Bertz CT molecular complexity index is 2990. The van der Waals surface area contributed by atoms with Crippen LogP contribution in [0, 0.1) is 5.41 Å². The summed E-state index contributed by atoms with van der Waals surface area (Å²) in [4.78, 5) is 64.7. The Morgan fingerprint density at radius 3 is 1.00 bits per heavy atom. The molecule has 0 N–H and O–H groups in total. The largest absolute Gasteiger partial charge is 0.308 e. The SMILES string of the molecule is CC(C)(C)CN(C(=O)c1cc(C(=O)N(c2ccccc2)c2ccc(-c3ccccn3)cc2)cc(C(=O)N(c2ccccc2)c2ccc(-c3ccccn3)cc2)c1)c1ccc(-c2ccccn2)cc1. The number of para-hydroxylation sites is 2. The van der Waals surface area contributed by atoms with Gasteiger partial charge < -0.3 is 4.90 Å². The number of nitrogens with zero attached hydrogens (tertiary/aromatic N) is 6. The van der Waals surface area contributed by atoms with Crippen LogP contribution in [-0.2, 0) is 0 Å². The first-order chi connectivity index (χ1) is 33.1. The maximum atomic E-state index is 15.4. The van der Waals surface area contributed by atoms with E-state index >= 15 is 14.4 Å². The van der Waals surface area contributed by atoms with Gasteiger partial charge in [-0.05, 0) is 121 Å². The second-order valence-electron chi connectivity index (χ2n) is 17.5. The van der Waals surface area contributed by atoms with Gasteiger partial charge in [0.05, 0.1) is 17.1 Å². The predicted molar refractivity (Wildman–Crippen MR) is 272 cm³/mol. The zero-order valence-corrected chi connectivity index (χ0v) is 38.0. The molecule has 0 saturated carbocycles. The lowest BCUT2D eigenvalue weighted by molar-refractivity contribution is 0.0977. The van der Waals surface area contributed by atoms with E-state index in [-0.39, 0.29) is 28.0 Å². The summed E-state index contributed by atoms with van der Waals surface area (Å²) in [5.74, 6) is -1.23. The van der Waals surface area contributed by atoms with E-state index in [0.29, 0.717) is 35.0 Å². The van der Waals surface area contributed by atoms with Crippen molar-refractivity contribution in [1.82, 2.24) is 15.0 Å². The minimum Gasteiger partial charge on any atom is -0.308 e. The van der Waals surface area contributed by atoms with E-state index in [1.165, 1.54) is 0 Å². The number of amides is 3. The summed E-state index contributed by atoms with van der Waals surface area (Å²) in [6, 6.07) is 63.6. The molecule has 3 heterocycles. The summed E-state index contributed by atoms with van der Waals surface area (Å²) in [6.45, 7) is 6.54. The molecule has 0 aliphatic rings. The Labute approximate surface area is 396 Å². The van der Waals surface area contributed by atoms with Gasteiger partial charge in [0.15, 0.2) is 0 Å². The maximum absolute atomic E-state index is 15.4. The number of anilines is 5. The van der Waals surface area contributed by atoms with Crippen molar-refractivity contribution in [3.63, 3.8) is 0 Å². The fraction of sp³-hybridized carbons (Fsp3) is 0.0847. The van der Waals surface area contributed by atoms with Crippen LogP contribution >= 0.6 is 0 Å². The second-order valence-corrected chi connectivity index (χ2v) is 17.5. The maximum Gasteiger partial charge on any atom is 0.262 e. The molecule has 9 heteroatoms. The van der Waals surface area contributed by atoms with Gasteiger partial charge >= 0.3 is 0 Å². The molecule has 0 fully saturated rings. The lowest BCUT2D eigenvalue weighted by Crippen LogP contribution is -2.38. The fourth-order valence-corrected chi connectivity index (χ4v) is 8.06. The molecule has 9 aromatic rings. The summed E-state index contributed by atoms with van der Waals surface area (Å²) in [7, 11) is 0. The van der Waals surface area contributed by atoms with Gasteiger partial charge in [0.2, 0.25) is 0 Å². The molecule has 9 nitrogen and oxygen atoms in total. The van der Waals surface area contributed by atoms with E-state index in [1.54, 1.807) is 51.5 Å². The highest BCUT2D eigenvalue weighted by molar-refractivity contribution is 6.17. The van der Waals surface area contributed by atoms with Crippen molar-refractivity contribution in [3.8, 4) is 33.8 Å². The summed E-state index contributed by atoms with van der Waals surface area (Å²) < 4.78 is 0. The highest BCUT2D eigenvalue weighted by atomic mass is 16.2. The Balaban J connectivity index is 1.18. The third kappa shape index (κ3) is 10.0. The highest BCUT2D eigenvalue weighted by Crippen LogP contribution is 2.34. The monoisotopic (exact) mass is 888 g/mol. The Morgan fingerprint density at radius 1 is 0.368 bits per heavy atom. The molecule has 0 spiro atoms. The molecule has 0 saturated heterocycles. The molecule has 6 aromatic carbocycles. The van der Waals surface area contributed by atoms with Crippen LogP contribution in [0.5, 0.6) is 0 Å². The highest BCUT2D eigenvalue weighted by Gasteiger charge is 2.30. The molecule has 0 unspecified atom stereocenters. The number of hydrogen-bond acceptors (Lipinski definition) is 6. The number of carbonyl (C=O) groups excluding carboxylic acids is 3. The molecule has 68 heavy (non-hydrogen) atoms. The lowest BCUT2D eigenvalue weighted by Gasteiger charge is -2.31. The van der Waals surface area contributed by atoms with E-state index in [2.05, 4.69) is 35.7 Å². The number of carbonyl (C=O) groups is 3. The summed E-state index contributed by atoms with van der Waals surface area (Å²) in [5, 5.41) is 0. The van der Waals surface area contributed by atoms with Gasteiger partial charge in [-0.3, -0.25) is 39.1 Å². The molecular weight excluding hydrogens is 841 g/mol. The average molecular weight is 889 g/mol. The number of hydrogen-bond donors (Lipinski definition) is 0. The molecule has 3 amide bonds. The van der Waals surface area contributed by atoms with E-state index in [0.717, 1.165) is 33.8 Å². The molecule has 0 aliphatic carbocycles. The predicted octanol–water partition coefficient (Wildman–Crippen LogP) is 13.5. The number of aromatic nitrogens is 3. The quantitative estimate of drug-likeness (QED) is 0.121. The Kier molecular flexibility index (Phi) is 12.9. The van der Waals surface area contributed by atoms with E-state index in [1.807, 2.05) is 188 Å². The lowest BCUT2D eigenvalue weighted by atomic mass is 9.94. The van der Waals surface area contributed by atoms with Crippen LogP contribution in [0.2, 0.25) is 0 Å². The molecular formula is C59H48N6O3. The summed E-state index contributed by atoms with van der Waals surface area (Å²) >= 11 is 0. The zero-order valence-electron chi connectivity index (χ0n) is 38.0. The normalized spacial score (nSPS) is 11.1. The molecule has 332 valence electrons. The van der Waals surface area contributed by atoms with Crippen molar-refractivity contribution >= 4 is 46.2 Å². The molecule has 0 atom stereocenters. The second kappa shape index (κ2) is 19.7. The van der Waals surface area contributed by atoms with Gasteiger partial charge in [-0.15, -0.1) is 0 Å². The van der Waals surface area contributed by atoms with Crippen LogP contribution in [0.25, 0.3) is 33.8 Å². The van der Waals surface area contributed by atoms with Crippen molar-refractivity contribution in [2.45, 2.75) is 20.8 Å². The van der Waals surface area contributed by atoms with Crippen LogP contribution in [0.4, 0.5) is 28.4 Å². The summed E-state index contributed by atoms with van der Waals surface area (Å²) in [5.41, 5.74) is 8.27. The first kappa shape index (κ1) is 44.4. The van der Waals surface area contributed by atoms with Crippen LogP contribution in [0.1, 0.15) is 51.8 Å². The van der Waals surface area contributed by atoms with Crippen LogP contribution in [0.15, 0.2) is 225 Å². The molecule has 0 bridgehead atoms. The third-order valence-corrected chi connectivity index (χ3v) is 11.3. The van der Waals surface area contributed by atoms with Crippen molar-refractivity contribution in [2.75, 3.05) is 21.2 Å². The Morgan fingerprint density at radius 2 is 0.676 bits per heavy atom. The minimum absolute atomic E-state index is 0.150. The van der Waals surface area contributed by atoms with Gasteiger partial charge in [0, 0.05) is 87.0 Å². The van der Waals surface area contributed by atoms with Crippen LogP contribution in [-0.4, -0.2) is 39.2 Å². The number of rotatable bonds is 12.